The van der Waals surface area contributed by atoms with Gasteiger partial charge in [0.05, 0.1) is 18.4 Å². The number of rotatable bonds is 4. The Hall–Kier alpha value is -2.10. The predicted octanol–water partition coefficient (Wildman–Crippen LogP) is 2.82. The van der Waals surface area contributed by atoms with Crippen molar-refractivity contribution in [3.05, 3.63) is 47.7 Å². The minimum Gasteiger partial charge on any atom is -0.464 e. The van der Waals surface area contributed by atoms with Gasteiger partial charge in [-0.2, -0.15) is 0 Å². The van der Waals surface area contributed by atoms with Gasteiger partial charge in [0.25, 0.3) is 0 Å². The van der Waals surface area contributed by atoms with Gasteiger partial charge in [0.2, 0.25) is 0 Å². The highest BCUT2D eigenvalue weighted by molar-refractivity contribution is 5.92. The van der Waals surface area contributed by atoms with Crippen LogP contribution in [-0.2, 0) is 6.54 Å². The van der Waals surface area contributed by atoms with Crippen LogP contribution < -0.4 is 4.90 Å². The molecular formula is C14H16N2O2. The first kappa shape index (κ1) is 12.4. The molecule has 0 unspecified atom stereocenters. The Morgan fingerprint density at radius 1 is 1.33 bits per heavy atom. The molecule has 4 heteroatoms. The fourth-order valence-electron chi connectivity index (χ4n) is 1.72. The van der Waals surface area contributed by atoms with Crippen LogP contribution in [0.3, 0.4) is 0 Å². The van der Waals surface area contributed by atoms with Gasteiger partial charge < -0.3 is 9.32 Å². The van der Waals surface area contributed by atoms with Crippen LogP contribution in [0.1, 0.15) is 28.9 Å². The Morgan fingerprint density at radius 2 is 2.11 bits per heavy atom. The third-order valence-corrected chi connectivity index (χ3v) is 2.74. The summed E-state index contributed by atoms with van der Waals surface area (Å²) in [6, 6.07) is 7.53. The van der Waals surface area contributed by atoms with E-state index in [1.165, 1.54) is 6.92 Å². The number of hydrogen-bond donors (Lipinski definition) is 0. The first-order chi connectivity index (χ1) is 8.56. The molecule has 0 aliphatic carbocycles. The predicted molar refractivity (Wildman–Crippen MR) is 69.8 cm³/mol. The minimum absolute atomic E-state index is 0.0223. The second kappa shape index (κ2) is 5.04. The lowest BCUT2D eigenvalue weighted by Crippen LogP contribution is -2.16. The molecule has 2 rings (SSSR count). The standard InChI is InChI=1S/C14H16N2O2/c1-10-4-6-13(18-10)9-16(3)12-5-7-14(11(2)17)15-8-12/h4-8H,9H2,1-3H3. The number of pyridine rings is 1. The van der Waals surface area contributed by atoms with Gasteiger partial charge >= 0.3 is 0 Å². The van der Waals surface area contributed by atoms with E-state index in [1.807, 2.05) is 37.1 Å². The van der Waals surface area contributed by atoms with Crippen LogP contribution in [0.25, 0.3) is 0 Å². The summed E-state index contributed by atoms with van der Waals surface area (Å²) in [5.41, 5.74) is 1.44. The number of anilines is 1. The maximum Gasteiger partial charge on any atom is 0.178 e. The van der Waals surface area contributed by atoms with E-state index in [9.17, 15) is 4.79 Å². The zero-order valence-electron chi connectivity index (χ0n) is 10.8. The zero-order valence-corrected chi connectivity index (χ0v) is 10.8. The van der Waals surface area contributed by atoms with Gasteiger partial charge in [-0.1, -0.05) is 0 Å². The highest BCUT2D eigenvalue weighted by Crippen LogP contribution is 2.16. The molecule has 94 valence electrons. The van der Waals surface area contributed by atoms with Crippen molar-refractivity contribution in [1.82, 2.24) is 4.98 Å². The number of Topliss-reactive ketones (excluding diaryl/α,β-unsaturated/α-hetero) is 1. The van der Waals surface area contributed by atoms with E-state index >= 15 is 0 Å². The molecule has 2 aromatic heterocycles. The van der Waals surface area contributed by atoms with E-state index in [4.69, 9.17) is 4.42 Å². The summed E-state index contributed by atoms with van der Waals surface area (Å²) in [5.74, 6) is 1.79. The summed E-state index contributed by atoms with van der Waals surface area (Å²) < 4.78 is 5.52. The number of carbonyl (C=O) groups excluding carboxylic acids is 1. The molecule has 0 amide bonds. The lowest BCUT2D eigenvalue weighted by molar-refractivity contribution is 0.101. The number of furan rings is 1. The van der Waals surface area contributed by atoms with Crippen molar-refractivity contribution in [2.75, 3.05) is 11.9 Å². The molecule has 0 aliphatic heterocycles. The van der Waals surface area contributed by atoms with Crippen LogP contribution in [-0.4, -0.2) is 17.8 Å². The summed E-state index contributed by atoms with van der Waals surface area (Å²) in [6.07, 6.45) is 1.70. The van der Waals surface area contributed by atoms with Crippen LogP contribution in [0.4, 0.5) is 5.69 Å². The van der Waals surface area contributed by atoms with E-state index < -0.39 is 0 Å². The molecule has 4 nitrogen and oxygen atoms in total. The summed E-state index contributed by atoms with van der Waals surface area (Å²) in [7, 11) is 1.96. The smallest absolute Gasteiger partial charge is 0.178 e. The Morgan fingerprint density at radius 3 is 2.61 bits per heavy atom. The molecule has 0 aliphatic rings. The van der Waals surface area contributed by atoms with E-state index in [2.05, 4.69) is 4.98 Å². The van der Waals surface area contributed by atoms with Gasteiger partial charge in [0, 0.05) is 14.0 Å². The number of aryl methyl sites for hydroxylation is 1. The van der Waals surface area contributed by atoms with E-state index in [0.717, 1.165) is 17.2 Å². The lowest BCUT2D eigenvalue weighted by Gasteiger charge is -2.17. The van der Waals surface area contributed by atoms with Crippen molar-refractivity contribution >= 4 is 11.5 Å². The third-order valence-electron chi connectivity index (χ3n) is 2.74. The van der Waals surface area contributed by atoms with Gasteiger partial charge in [-0.25, -0.2) is 0 Å². The van der Waals surface area contributed by atoms with Crippen LogP contribution in [0.2, 0.25) is 0 Å². The Kier molecular flexibility index (Phi) is 3.46. The summed E-state index contributed by atoms with van der Waals surface area (Å²) >= 11 is 0. The molecule has 0 radical (unpaired) electrons. The van der Waals surface area contributed by atoms with Crippen molar-refractivity contribution in [3.8, 4) is 0 Å². The SMILES string of the molecule is CC(=O)c1ccc(N(C)Cc2ccc(C)o2)cn1. The zero-order chi connectivity index (χ0) is 13.1. The molecule has 0 saturated heterocycles. The second-order valence-electron chi connectivity index (χ2n) is 4.33. The molecular weight excluding hydrogens is 228 g/mol. The topological polar surface area (TPSA) is 46.3 Å². The molecule has 2 heterocycles. The molecule has 0 N–H and O–H groups in total. The monoisotopic (exact) mass is 244 g/mol. The third kappa shape index (κ3) is 2.77. The normalized spacial score (nSPS) is 10.4. The fraction of sp³-hybridized carbons (Fsp3) is 0.286. The highest BCUT2D eigenvalue weighted by Gasteiger charge is 2.07. The average molecular weight is 244 g/mol. The van der Waals surface area contributed by atoms with E-state index in [1.54, 1.807) is 12.3 Å². The first-order valence-corrected chi connectivity index (χ1v) is 5.79. The maximum absolute atomic E-state index is 11.1. The highest BCUT2D eigenvalue weighted by atomic mass is 16.3. The Bertz CT molecular complexity index is 543. The number of nitrogens with zero attached hydrogens (tertiary/aromatic N) is 2. The molecule has 0 fully saturated rings. The lowest BCUT2D eigenvalue weighted by atomic mass is 10.2. The number of aromatic nitrogens is 1. The van der Waals surface area contributed by atoms with Gasteiger partial charge in [-0.05, 0) is 31.2 Å². The summed E-state index contributed by atoms with van der Waals surface area (Å²) in [6.45, 7) is 4.11. The molecule has 0 aromatic carbocycles. The van der Waals surface area contributed by atoms with Crippen molar-refractivity contribution in [3.63, 3.8) is 0 Å². The summed E-state index contributed by atoms with van der Waals surface area (Å²) in [4.78, 5) is 17.3. The molecule has 0 spiro atoms. The largest absolute Gasteiger partial charge is 0.464 e. The maximum atomic E-state index is 11.1. The molecule has 0 atom stereocenters. The number of hydrogen-bond acceptors (Lipinski definition) is 4. The van der Waals surface area contributed by atoms with Crippen LogP contribution in [0, 0.1) is 6.92 Å². The van der Waals surface area contributed by atoms with Crippen molar-refractivity contribution in [1.29, 1.82) is 0 Å². The van der Waals surface area contributed by atoms with Crippen LogP contribution in [0.15, 0.2) is 34.9 Å². The quantitative estimate of drug-likeness (QED) is 0.776. The van der Waals surface area contributed by atoms with Crippen LogP contribution in [0.5, 0.6) is 0 Å². The Balaban J connectivity index is 2.09. The van der Waals surface area contributed by atoms with Crippen molar-refractivity contribution in [2.45, 2.75) is 20.4 Å². The fourth-order valence-corrected chi connectivity index (χ4v) is 1.72. The molecule has 0 bridgehead atoms. The minimum atomic E-state index is -0.0223. The molecule has 18 heavy (non-hydrogen) atoms. The van der Waals surface area contributed by atoms with Gasteiger partial charge in [0.15, 0.2) is 5.78 Å². The van der Waals surface area contributed by atoms with E-state index in [-0.39, 0.29) is 5.78 Å². The van der Waals surface area contributed by atoms with Crippen LogP contribution >= 0.6 is 0 Å². The summed E-state index contributed by atoms with van der Waals surface area (Å²) in [5, 5.41) is 0. The first-order valence-electron chi connectivity index (χ1n) is 5.79. The molecule has 0 saturated carbocycles. The van der Waals surface area contributed by atoms with Crippen molar-refractivity contribution < 1.29 is 9.21 Å². The number of carbonyl (C=O) groups is 1. The second-order valence-corrected chi connectivity index (χ2v) is 4.33. The Labute approximate surface area is 106 Å². The van der Waals surface area contributed by atoms with Crippen molar-refractivity contribution in [2.24, 2.45) is 0 Å². The molecule has 2 aromatic rings. The van der Waals surface area contributed by atoms with Gasteiger partial charge in [0.1, 0.15) is 17.2 Å². The van der Waals surface area contributed by atoms with E-state index in [0.29, 0.717) is 12.2 Å². The van der Waals surface area contributed by atoms with Gasteiger partial charge in [-0.15, -0.1) is 0 Å². The van der Waals surface area contributed by atoms with Gasteiger partial charge in [-0.3, -0.25) is 9.78 Å². The number of ketones is 1. The average Bonchev–Trinajstić information content (AvgIpc) is 2.75.